The van der Waals surface area contributed by atoms with E-state index in [1.807, 2.05) is 36.5 Å². The molecule has 0 fully saturated rings. The van der Waals surface area contributed by atoms with Gasteiger partial charge in [-0.05, 0) is 18.2 Å². The van der Waals surface area contributed by atoms with Crippen LogP contribution in [0.15, 0.2) is 53.8 Å². The molecule has 3 rings (SSSR count). The van der Waals surface area contributed by atoms with Crippen molar-refractivity contribution in [2.24, 2.45) is 5.10 Å². The first-order valence-corrected chi connectivity index (χ1v) is 6.18. The van der Waals surface area contributed by atoms with Gasteiger partial charge in [0.25, 0.3) is 0 Å². The number of aromatic amines is 1. The fourth-order valence-electron chi connectivity index (χ4n) is 1.84. The van der Waals surface area contributed by atoms with Crippen molar-refractivity contribution in [1.82, 2.24) is 9.97 Å². The molecule has 3 aromatic rings. The second kappa shape index (κ2) is 5.12. The quantitative estimate of drug-likeness (QED) is 0.433. The molecule has 5 heteroatoms. The fourth-order valence-corrected chi connectivity index (χ4v) is 2.00. The standard InChI is InChI=1S/C14H11ClN4/c15-13-6-3-7-14(18-13)19-17-9-10-8-16-12-5-2-1-4-11(10)12/h1-9,16H,(H,18,19)/b17-9+. The molecule has 0 atom stereocenters. The topological polar surface area (TPSA) is 53.1 Å². The third-order valence-electron chi connectivity index (χ3n) is 2.72. The molecule has 0 aliphatic carbocycles. The minimum atomic E-state index is 0.437. The van der Waals surface area contributed by atoms with Crippen LogP contribution in [-0.4, -0.2) is 16.2 Å². The Bertz CT molecular complexity index is 733. The monoisotopic (exact) mass is 270 g/mol. The summed E-state index contributed by atoms with van der Waals surface area (Å²) >= 11 is 5.79. The summed E-state index contributed by atoms with van der Waals surface area (Å²) in [6.07, 6.45) is 3.67. The molecule has 2 aromatic heterocycles. The number of aromatic nitrogens is 2. The van der Waals surface area contributed by atoms with Crippen LogP contribution in [0.4, 0.5) is 5.82 Å². The Hall–Kier alpha value is -2.33. The van der Waals surface area contributed by atoms with Crippen LogP contribution in [-0.2, 0) is 0 Å². The van der Waals surface area contributed by atoms with Crippen molar-refractivity contribution >= 4 is 34.5 Å². The molecule has 0 spiro atoms. The average Bonchev–Trinajstić information content (AvgIpc) is 2.83. The van der Waals surface area contributed by atoms with E-state index in [1.54, 1.807) is 18.3 Å². The number of benzene rings is 1. The summed E-state index contributed by atoms with van der Waals surface area (Å²) in [5.41, 5.74) is 4.95. The lowest BCUT2D eigenvalue weighted by Gasteiger charge is -1.98. The Morgan fingerprint density at radius 2 is 2.05 bits per heavy atom. The smallest absolute Gasteiger partial charge is 0.147 e. The van der Waals surface area contributed by atoms with Gasteiger partial charge >= 0.3 is 0 Å². The van der Waals surface area contributed by atoms with Crippen LogP contribution in [0.5, 0.6) is 0 Å². The maximum atomic E-state index is 5.79. The van der Waals surface area contributed by atoms with Crippen molar-refractivity contribution in [2.45, 2.75) is 0 Å². The zero-order valence-electron chi connectivity index (χ0n) is 9.97. The Morgan fingerprint density at radius 3 is 2.95 bits per heavy atom. The third kappa shape index (κ3) is 2.58. The van der Waals surface area contributed by atoms with Gasteiger partial charge in [0.1, 0.15) is 11.0 Å². The first-order chi connectivity index (χ1) is 9.33. The molecule has 0 aliphatic heterocycles. The summed E-state index contributed by atoms with van der Waals surface area (Å²) in [6.45, 7) is 0. The maximum absolute atomic E-state index is 5.79. The van der Waals surface area contributed by atoms with Crippen molar-refractivity contribution in [2.75, 3.05) is 5.43 Å². The largest absolute Gasteiger partial charge is 0.361 e. The summed E-state index contributed by atoms with van der Waals surface area (Å²) in [6, 6.07) is 13.4. The van der Waals surface area contributed by atoms with Gasteiger partial charge in [0, 0.05) is 22.7 Å². The van der Waals surface area contributed by atoms with Crippen molar-refractivity contribution < 1.29 is 0 Å². The van der Waals surface area contributed by atoms with Crippen LogP contribution >= 0.6 is 11.6 Å². The molecule has 0 unspecified atom stereocenters. The Balaban J connectivity index is 1.79. The van der Waals surface area contributed by atoms with Crippen molar-refractivity contribution in [3.8, 4) is 0 Å². The van der Waals surface area contributed by atoms with E-state index in [1.165, 1.54) is 0 Å². The van der Waals surface area contributed by atoms with E-state index in [0.717, 1.165) is 16.5 Å². The third-order valence-corrected chi connectivity index (χ3v) is 2.93. The number of H-pyrrole nitrogens is 1. The number of pyridine rings is 1. The van der Waals surface area contributed by atoms with Gasteiger partial charge in [0.15, 0.2) is 0 Å². The maximum Gasteiger partial charge on any atom is 0.147 e. The lowest BCUT2D eigenvalue weighted by atomic mass is 10.2. The molecular weight excluding hydrogens is 260 g/mol. The minimum Gasteiger partial charge on any atom is -0.361 e. The van der Waals surface area contributed by atoms with Crippen molar-refractivity contribution in [1.29, 1.82) is 0 Å². The van der Waals surface area contributed by atoms with Gasteiger partial charge in [-0.2, -0.15) is 5.10 Å². The highest BCUT2D eigenvalue weighted by Gasteiger charge is 1.99. The fraction of sp³-hybridized carbons (Fsp3) is 0. The molecule has 0 amide bonds. The van der Waals surface area contributed by atoms with Crippen molar-refractivity contribution in [3.63, 3.8) is 0 Å². The Labute approximate surface area is 115 Å². The van der Waals surface area contributed by atoms with E-state index >= 15 is 0 Å². The normalized spacial score (nSPS) is 11.2. The highest BCUT2D eigenvalue weighted by Crippen LogP contribution is 2.16. The summed E-state index contributed by atoms with van der Waals surface area (Å²) in [7, 11) is 0. The van der Waals surface area contributed by atoms with Gasteiger partial charge in [-0.3, -0.25) is 5.43 Å². The van der Waals surface area contributed by atoms with Crippen LogP contribution in [0.1, 0.15) is 5.56 Å². The first kappa shape index (κ1) is 11.7. The average molecular weight is 271 g/mol. The van der Waals surface area contributed by atoms with E-state index in [9.17, 15) is 0 Å². The van der Waals surface area contributed by atoms with Gasteiger partial charge in [-0.25, -0.2) is 4.98 Å². The number of hydrogen-bond donors (Lipinski definition) is 2. The van der Waals surface area contributed by atoms with E-state index in [0.29, 0.717) is 11.0 Å². The molecule has 0 saturated heterocycles. The number of anilines is 1. The molecule has 94 valence electrons. The summed E-state index contributed by atoms with van der Waals surface area (Å²) in [5, 5.41) is 5.73. The summed E-state index contributed by atoms with van der Waals surface area (Å²) < 4.78 is 0. The second-order valence-electron chi connectivity index (χ2n) is 4.01. The number of para-hydroxylation sites is 1. The molecule has 1 aromatic carbocycles. The minimum absolute atomic E-state index is 0.437. The van der Waals surface area contributed by atoms with Gasteiger partial charge in [-0.15, -0.1) is 0 Å². The predicted molar refractivity (Wildman–Crippen MR) is 78.8 cm³/mol. The Morgan fingerprint density at radius 1 is 1.16 bits per heavy atom. The number of hydrogen-bond acceptors (Lipinski definition) is 3. The summed E-state index contributed by atoms with van der Waals surface area (Å²) in [5.74, 6) is 0.614. The number of nitrogens with one attached hydrogen (secondary N) is 2. The van der Waals surface area contributed by atoms with Crippen LogP contribution in [0, 0.1) is 0 Å². The number of hydrazone groups is 1. The molecule has 0 aliphatic rings. The second-order valence-corrected chi connectivity index (χ2v) is 4.39. The van der Waals surface area contributed by atoms with E-state index in [-0.39, 0.29) is 0 Å². The van der Waals surface area contributed by atoms with Crippen molar-refractivity contribution in [3.05, 3.63) is 59.4 Å². The molecule has 2 heterocycles. The molecule has 2 N–H and O–H groups in total. The van der Waals surface area contributed by atoms with Gasteiger partial charge < -0.3 is 4.98 Å². The number of nitrogens with zero attached hydrogens (tertiary/aromatic N) is 2. The van der Waals surface area contributed by atoms with Gasteiger partial charge in [0.2, 0.25) is 0 Å². The SMILES string of the molecule is Clc1cccc(N/N=C/c2c[nH]c3ccccc23)n1. The van der Waals surface area contributed by atoms with Crippen LogP contribution in [0.2, 0.25) is 5.15 Å². The van der Waals surface area contributed by atoms with Crippen LogP contribution < -0.4 is 5.43 Å². The predicted octanol–water partition coefficient (Wildman–Crippen LogP) is 3.66. The van der Waals surface area contributed by atoms with E-state index < -0.39 is 0 Å². The van der Waals surface area contributed by atoms with Crippen LogP contribution in [0.3, 0.4) is 0 Å². The van der Waals surface area contributed by atoms with Gasteiger partial charge in [0.05, 0.1) is 6.21 Å². The zero-order valence-corrected chi connectivity index (χ0v) is 10.7. The molecule has 4 nitrogen and oxygen atoms in total. The number of fused-ring (bicyclic) bond motifs is 1. The molecule has 0 bridgehead atoms. The molecule has 0 radical (unpaired) electrons. The highest BCUT2D eigenvalue weighted by atomic mass is 35.5. The van der Waals surface area contributed by atoms with E-state index in [2.05, 4.69) is 20.5 Å². The van der Waals surface area contributed by atoms with E-state index in [4.69, 9.17) is 11.6 Å². The molecule has 0 saturated carbocycles. The number of halogens is 1. The summed E-state index contributed by atoms with van der Waals surface area (Å²) in [4.78, 5) is 7.28. The Kier molecular flexibility index (Phi) is 3.16. The highest BCUT2D eigenvalue weighted by molar-refractivity contribution is 6.29. The molecule has 19 heavy (non-hydrogen) atoms. The first-order valence-electron chi connectivity index (χ1n) is 5.81. The molecular formula is C14H11ClN4. The lowest BCUT2D eigenvalue weighted by Crippen LogP contribution is -1.92. The number of rotatable bonds is 3. The van der Waals surface area contributed by atoms with Crippen LogP contribution in [0.25, 0.3) is 10.9 Å². The van der Waals surface area contributed by atoms with Gasteiger partial charge in [-0.1, -0.05) is 35.9 Å². The lowest BCUT2D eigenvalue weighted by molar-refractivity contribution is 1.23. The zero-order chi connectivity index (χ0) is 13.1.